The summed E-state index contributed by atoms with van der Waals surface area (Å²) in [4.78, 5) is 17.9. The van der Waals surface area contributed by atoms with Gasteiger partial charge in [-0.3, -0.25) is 4.79 Å². The Balaban J connectivity index is 1.18. The van der Waals surface area contributed by atoms with Crippen LogP contribution in [0, 0.1) is 0 Å². The summed E-state index contributed by atoms with van der Waals surface area (Å²) >= 11 is 0. The van der Waals surface area contributed by atoms with E-state index in [-0.39, 0.29) is 5.78 Å². The molecule has 30 heavy (non-hydrogen) atoms. The van der Waals surface area contributed by atoms with Crippen LogP contribution in [0.3, 0.4) is 0 Å². The Labute approximate surface area is 178 Å². The average Bonchev–Trinajstić information content (AvgIpc) is 2.96. The van der Waals surface area contributed by atoms with Crippen LogP contribution < -0.4 is 9.47 Å². The first-order valence-electron chi connectivity index (χ1n) is 11.3. The van der Waals surface area contributed by atoms with E-state index in [1.807, 2.05) is 36.4 Å². The summed E-state index contributed by atoms with van der Waals surface area (Å²) in [5, 5.41) is 0. The second kappa shape index (κ2) is 8.78. The monoisotopic (exact) mass is 406 g/mol. The molecule has 5 heteroatoms. The number of benzene rings is 2. The predicted octanol–water partition coefficient (Wildman–Crippen LogP) is 3.85. The first-order chi connectivity index (χ1) is 14.8. The lowest BCUT2D eigenvalue weighted by molar-refractivity contribution is 0.104. The number of fused-ring (bicyclic) bond motifs is 3. The fraction of sp³-hybridized carbons (Fsp3) is 0.480. The molecule has 0 N–H and O–H groups in total. The van der Waals surface area contributed by atoms with Crippen LogP contribution in [0.25, 0.3) is 11.1 Å². The molecule has 1 aliphatic carbocycles. The number of rotatable bonds is 10. The van der Waals surface area contributed by atoms with Crippen molar-refractivity contribution >= 4 is 5.78 Å². The van der Waals surface area contributed by atoms with Gasteiger partial charge in [0, 0.05) is 24.2 Å². The topological polar surface area (TPSA) is 42.0 Å². The van der Waals surface area contributed by atoms with Crippen molar-refractivity contribution in [3.05, 3.63) is 47.5 Å². The van der Waals surface area contributed by atoms with Crippen molar-refractivity contribution in [1.29, 1.82) is 0 Å². The highest BCUT2D eigenvalue weighted by atomic mass is 16.5. The van der Waals surface area contributed by atoms with Crippen LogP contribution in [0.5, 0.6) is 11.5 Å². The van der Waals surface area contributed by atoms with E-state index in [4.69, 9.17) is 9.47 Å². The molecule has 3 aliphatic rings. The molecular formula is C25H30N2O3. The molecule has 0 amide bonds. The summed E-state index contributed by atoms with van der Waals surface area (Å²) in [6, 6.07) is 11.8. The molecule has 2 heterocycles. The van der Waals surface area contributed by atoms with Crippen molar-refractivity contribution in [2.24, 2.45) is 0 Å². The SMILES string of the molecule is O=C1c2cc(OCCCN3CCC3)ccc2-c2ccc(OCCCN3CCC3)cc21. The number of nitrogens with zero attached hydrogens (tertiary/aromatic N) is 2. The zero-order valence-corrected chi connectivity index (χ0v) is 17.6. The largest absolute Gasteiger partial charge is 0.494 e. The summed E-state index contributed by atoms with van der Waals surface area (Å²) < 4.78 is 11.8. The zero-order valence-electron chi connectivity index (χ0n) is 17.6. The van der Waals surface area contributed by atoms with Gasteiger partial charge in [-0.2, -0.15) is 0 Å². The van der Waals surface area contributed by atoms with Gasteiger partial charge in [-0.1, -0.05) is 0 Å². The molecule has 0 unspecified atom stereocenters. The summed E-state index contributed by atoms with van der Waals surface area (Å²) in [6.07, 6.45) is 4.67. The minimum absolute atomic E-state index is 0.0667. The fourth-order valence-corrected chi connectivity index (χ4v) is 4.38. The van der Waals surface area contributed by atoms with Crippen LogP contribution in [0.2, 0.25) is 0 Å². The van der Waals surface area contributed by atoms with Crippen molar-refractivity contribution in [3.8, 4) is 22.6 Å². The van der Waals surface area contributed by atoms with Crippen molar-refractivity contribution in [2.45, 2.75) is 25.7 Å². The highest BCUT2D eigenvalue weighted by Crippen LogP contribution is 2.39. The normalized spacial score (nSPS) is 17.8. The molecule has 0 spiro atoms. The molecule has 5 nitrogen and oxygen atoms in total. The number of ketones is 1. The third-order valence-corrected chi connectivity index (χ3v) is 6.43. The third kappa shape index (κ3) is 4.09. The van der Waals surface area contributed by atoms with Gasteiger partial charge >= 0.3 is 0 Å². The summed E-state index contributed by atoms with van der Waals surface area (Å²) in [5.41, 5.74) is 3.46. The number of ether oxygens (including phenoxy) is 2. The van der Waals surface area contributed by atoms with Gasteiger partial charge in [0.25, 0.3) is 0 Å². The molecule has 158 valence electrons. The van der Waals surface area contributed by atoms with E-state index in [9.17, 15) is 4.79 Å². The molecule has 2 aromatic rings. The number of likely N-dealkylation sites (tertiary alicyclic amines) is 2. The quantitative estimate of drug-likeness (QED) is 0.479. The lowest BCUT2D eigenvalue weighted by Gasteiger charge is -2.30. The van der Waals surface area contributed by atoms with Gasteiger partial charge in [0.15, 0.2) is 5.78 Å². The maximum Gasteiger partial charge on any atom is 0.194 e. The van der Waals surface area contributed by atoms with Crippen molar-refractivity contribution in [1.82, 2.24) is 9.80 Å². The Morgan fingerprint density at radius 3 is 1.53 bits per heavy atom. The van der Waals surface area contributed by atoms with Crippen molar-refractivity contribution < 1.29 is 14.3 Å². The van der Waals surface area contributed by atoms with Gasteiger partial charge in [0.05, 0.1) is 13.2 Å². The van der Waals surface area contributed by atoms with Gasteiger partial charge in [-0.05, 0) is 99.4 Å². The Kier molecular flexibility index (Phi) is 5.73. The van der Waals surface area contributed by atoms with Crippen molar-refractivity contribution in [3.63, 3.8) is 0 Å². The van der Waals surface area contributed by atoms with Gasteiger partial charge in [0.1, 0.15) is 11.5 Å². The molecule has 0 aromatic heterocycles. The highest BCUT2D eigenvalue weighted by molar-refractivity contribution is 6.22. The van der Waals surface area contributed by atoms with Gasteiger partial charge in [-0.25, -0.2) is 0 Å². The molecular weight excluding hydrogens is 376 g/mol. The highest BCUT2D eigenvalue weighted by Gasteiger charge is 2.27. The van der Waals surface area contributed by atoms with Gasteiger partial charge in [0.2, 0.25) is 0 Å². The molecule has 2 aromatic carbocycles. The Morgan fingerprint density at radius 2 is 1.13 bits per heavy atom. The molecule has 0 saturated carbocycles. The lowest BCUT2D eigenvalue weighted by Crippen LogP contribution is -2.38. The summed E-state index contributed by atoms with van der Waals surface area (Å²) in [7, 11) is 0. The van der Waals surface area contributed by atoms with Crippen LogP contribution in [0.1, 0.15) is 41.6 Å². The van der Waals surface area contributed by atoms with E-state index in [1.54, 1.807) is 0 Å². The second-order valence-electron chi connectivity index (χ2n) is 8.54. The molecule has 0 atom stereocenters. The number of hydrogen-bond acceptors (Lipinski definition) is 5. The molecule has 2 fully saturated rings. The average molecular weight is 407 g/mol. The van der Waals surface area contributed by atoms with E-state index in [1.165, 1.54) is 39.0 Å². The standard InChI is InChI=1S/C25H30N2O3/c28-25-23-17-19(29-15-3-13-26-9-1-10-26)5-7-21(23)22-8-6-20(18-24(22)25)30-16-4-14-27-11-2-12-27/h5-8,17-18H,1-4,9-16H2. The summed E-state index contributed by atoms with van der Waals surface area (Å²) in [6.45, 7) is 8.43. The van der Waals surface area contributed by atoms with Crippen LogP contribution in [-0.2, 0) is 0 Å². The number of hydrogen-bond donors (Lipinski definition) is 0. The van der Waals surface area contributed by atoms with E-state index < -0.39 is 0 Å². The van der Waals surface area contributed by atoms with Crippen LogP contribution >= 0.6 is 0 Å². The molecule has 2 saturated heterocycles. The molecule has 2 aliphatic heterocycles. The number of carbonyl (C=O) groups excluding carboxylic acids is 1. The zero-order chi connectivity index (χ0) is 20.3. The minimum Gasteiger partial charge on any atom is -0.494 e. The van der Waals surface area contributed by atoms with Gasteiger partial charge < -0.3 is 19.3 Å². The van der Waals surface area contributed by atoms with E-state index in [0.29, 0.717) is 13.2 Å². The first-order valence-corrected chi connectivity index (χ1v) is 11.3. The van der Waals surface area contributed by atoms with E-state index >= 15 is 0 Å². The van der Waals surface area contributed by atoms with Crippen LogP contribution in [0.4, 0.5) is 0 Å². The Morgan fingerprint density at radius 1 is 0.667 bits per heavy atom. The maximum atomic E-state index is 13.0. The van der Waals surface area contributed by atoms with E-state index in [2.05, 4.69) is 9.80 Å². The lowest BCUT2D eigenvalue weighted by atomic mass is 10.1. The second-order valence-corrected chi connectivity index (χ2v) is 8.54. The third-order valence-electron chi connectivity index (χ3n) is 6.43. The van der Waals surface area contributed by atoms with Crippen LogP contribution in [0.15, 0.2) is 36.4 Å². The van der Waals surface area contributed by atoms with Crippen LogP contribution in [-0.4, -0.2) is 68.1 Å². The molecule has 0 radical (unpaired) electrons. The summed E-state index contributed by atoms with van der Waals surface area (Å²) in [5.74, 6) is 1.62. The molecule has 5 rings (SSSR count). The molecule has 0 bridgehead atoms. The van der Waals surface area contributed by atoms with Crippen molar-refractivity contribution in [2.75, 3.05) is 52.5 Å². The first kappa shape index (κ1) is 19.6. The Hall–Kier alpha value is -2.37. The minimum atomic E-state index is 0.0667. The maximum absolute atomic E-state index is 13.0. The van der Waals surface area contributed by atoms with E-state index in [0.717, 1.165) is 59.7 Å². The predicted molar refractivity (Wildman–Crippen MR) is 118 cm³/mol. The fourth-order valence-electron chi connectivity index (χ4n) is 4.38. The smallest absolute Gasteiger partial charge is 0.194 e. The van der Waals surface area contributed by atoms with Gasteiger partial charge in [-0.15, -0.1) is 0 Å². The number of carbonyl (C=O) groups is 1. The Bertz CT molecular complexity index is 845.